The van der Waals surface area contributed by atoms with Crippen LogP contribution in [-0.4, -0.2) is 75.3 Å². The highest BCUT2D eigenvalue weighted by atomic mass is 35.5. The monoisotopic (exact) mass is 480 g/mol. The van der Waals surface area contributed by atoms with E-state index in [-0.39, 0.29) is 17.3 Å². The van der Waals surface area contributed by atoms with Gasteiger partial charge in [0.1, 0.15) is 5.82 Å². The van der Waals surface area contributed by atoms with Gasteiger partial charge in [0.05, 0.1) is 24.0 Å². The van der Waals surface area contributed by atoms with Crippen LogP contribution < -0.4 is 19.7 Å². The molecule has 0 unspecified atom stereocenters. The maximum absolute atomic E-state index is 12.7. The lowest BCUT2D eigenvalue weighted by Gasteiger charge is -2.34. The van der Waals surface area contributed by atoms with Gasteiger partial charge in [-0.3, -0.25) is 4.79 Å². The lowest BCUT2D eigenvalue weighted by atomic mass is 10.2. The molecule has 1 fully saturated rings. The summed E-state index contributed by atoms with van der Waals surface area (Å²) in [6, 6.07) is 8.72. The fourth-order valence-electron chi connectivity index (χ4n) is 3.62. The normalized spacial score (nSPS) is 17.0. The number of pyridine rings is 1. The van der Waals surface area contributed by atoms with E-state index in [2.05, 4.69) is 15.2 Å². The summed E-state index contributed by atoms with van der Waals surface area (Å²) in [5, 5.41) is 2.94. The third-order valence-electron chi connectivity index (χ3n) is 5.32. The summed E-state index contributed by atoms with van der Waals surface area (Å²) in [6.07, 6.45) is 2.44. The Bertz CT molecular complexity index is 1060. The number of anilines is 1. The van der Waals surface area contributed by atoms with E-state index in [1.165, 1.54) is 10.4 Å². The molecule has 0 aliphatic carbocycles. The number of benzene rings is 1. The van der Waals surface area contributed by atoms with Gasteiger partial charge in [0.15, 0.2) is 11.5 Å². The third kappa shape index (κ3) is 5.25. The summed E-state index contributed by atoms with van der Waals surface area (Å²) in [5.41, 5.74) is 0.292. The number of carbonyl (C=O) groups excluding carboxylic acids is 1. The van der Waals surface area contributed by atoms with Gasteiger partial charge in [0.25, 0.3) is 5.91 Å². The molecule has 11 heteroatoms. The summed E-state index contributed by atoms with van der Waals surface area (Å²) < 4.78 is 38.0. The standard InChI is InChI=1S/C21H25ClN4O5S/c22-17-14-16(15-18-20(17)31-12-3-11-30-18)21(27)24-6-13-32(28,29)26-9-7-25(8-10-26)19-4-1-2-5-23-19/h1-2,4-5,14-15H,3,6-13H2,(H,24,27). The Balaban J connectivity index is 1.30. The van der Waals surface area contributed by atoms with Crippen molar-refractivity contribution in [3.63, 3.8) is 0 Å². The Morgan fingerprint density at radius 1 is 1.12 bits per heavy atom. The Labute approximate surface area is 192 Å². The van der Waals surface area contributed by atoms with Crippen molar-refractivity contribution < 1.29 is 22.7 Å². The van der Waals surface area contributed by atoms with Crippen LogP contribution in [0.3, 0.4) is 0 Å². The Kier molecular flexibility index (Phi) is 7.02. The van der Waals surface area contributed by atoms with Gasteiger partial charge in [-0.1, -0.05) is 17.7 Å². The lowest BCUT2D eigenvalue weighted by Crippen LogP contribution is -2.50. The molecule has 1 aromatic heterocycles. The van der Waals surface area contributed by atoms with Gasteiger partial charge in [0.2, 0.25) is 10.0 Å². The summed E-state index contributed by atoms with van der Waals surface area (Å²) in [7, 11) is -3.49. The van der Waals surface area contributed by atoms with Crippen LogP contribution in [0.15, 0.2) is 36.5 Å². The summed E-state index contributed by atoms with van der Waals surface area (Å²) in [5.74, 6) is 1.08. The minimum Gasteiger partial charge on any atom is -0.489 e. The van der Waals surface area contributed by atoms with Gasteiger partial charge in [-0.15, -0.1) is 0 Å². The van der Waals surface area contributed by atoms with Crippen LogP contribution >= 0.6 is 11.6 Å². The predicted octanol–water partition coefficient (Wildman–Crippen LogP) is 1.78. The van der Waals surface area contributed by atoms with E-state index in [1.54, 1.807) is 12.3 Å². The SMILES string of the molecule is O=C(NCCS(=O)(=O)N1CCN(c2ccccn2)CC1)c1cc(Cl)c2c(c1)OCCCO2. The van der Waals surface area contributed by atoms with Gasteiger partial charge in [-0.05, 0) is 24.3 Å². The molecule has 9 nitrogen and oxygen atoms in total. The van der Waals surface area contributed by atoms with E-state index in [1.807, 2.05) is 18.2 Å². The average molecular weight is 481 g/mol. The molecule has 172 valence electrons. The first-order valence-electron chi connectivity index (χ1n) is 10.5. The second kappa shape index (κ2) is 9.93. The van der Waals surface area contributed by atoms with Crippen molar-refractivity contribution in [2.24, 2.45) is 0 Å². The van der Waals surface area contributed by atoms with Crippen molar-refractivity contribution in [3.05, 3.63) is 47.1 Å². The highest BCUT2D eigenvalue weighted by molar-refractivity contribution is 7.89. The fourth-order valence-corrected chi connectivity index (χ4v) is 5.23. The van der Waals surface area contributed by atoms with Crippen molar-refractivity contribution >= 4 is 33.3 Å². The van der Waals surface area contributed by atoms with E-state index >= 15 is 0 Å². The molecule has 3 heterocycles. The van der Waals surface area contributed by atoms with Crippen molar-refractivity contribution in [2.45, 2.75) is 6.42 Å². The quantitative estimate of drug-likeness (QED) is 0.672. The molecule has 0 bridgehead atoms. The van der Waals surface area contributed by atoms with Crippen LogP contribution in [0.2, 0.25) is 5.02 Å². The smallest absolute Gasteiger partial charge is 0.251 e. The number of rotatable bonds is 6. The first kappa shape index (κ1) is 22.6. The zero-order valence-corrected chi connectivity index (χ0v) is 19.1. The average Bonchev–Trinajstić information content (AvgIpc) is 3.05. The van der Waals surface area contributed by atoms with E-state index < -0.39 is 15.9 Å². The fraction of sp³-hybridized carbons (Fsp3) is 0.429. The second-order valence-electron chi connectivity index (χ2n) is 7.48. The Morgan fingerprint density at radius 2 is 1.91 bits per heavy atom. The highest BCUT2D eigenvalue weighted by Crippen LogP contribution is 2.37. The van der Waals surface area contributed by atoms with Crippen molar-refractivity contribution in [1.82, 2.24) is 14.6 Å². The minimum atomic E-state index is -3.49. The van der Waals surface area contributed by atoms with Crippen LogP contribution in [0.4, 0.5) is 5.82 Å². The summed E-state index contributed by atoms with van der Waals surface area (Å²) in [4.78, 5) is 18.9. The number of hydrogen-bond donors (Lipinski definition) is 1. The number of hydrogen-bond acceptors (Lipinski definition) is 7. The minimum absolute atomic E-state index is 0.00627. The number of ether oxygens (including phenoxy) is 2. The molecule has 2 aliphatic heterocycles. The van der Waals surface area contributed by atoms with Gasteiger partial charge in [0, 0.05) is 50.9 Å². The highest BCUT2D eigenvalue weighted by Gasteiger charge is 2.27. The summed E-state index contributed by atoms with van der Waals surface area (Å²) >= 11 is 6.23. The molecule has 4 rings (SSSR count). The first-order chi connectivity index (χ1) is 15.4. The number of nitrogens with zero attached hydrogens (tertiary/aromatic N) is 3. The Morgan fingerprint density at radius 3 is 2.66 bits per heavy atom. The topological polar surface area (TPSA) is 101 Å². The largest absolute Gasteiger partial charge is 0.489 e. The van der Waals surface area contributed by atoms with Crippen LogP contribution in [0.5, 0.6) is 11.5 Å². The second-order valence-corrected chi connectivity index (χ2v) is 9.98. The molecule has 1 amide bonds. The zero-order chi connectivity index (χ0) is 22.6. The number of aromatic nitrogens is 1. The molecular weight excluding hydrogens is 456 g/mol. The first-order valence-corrected chi connectivity index (χ1v) is 12.4. The number of carbonyl (C=O) groups is 1. The van der Waals surface area contributed by atoms with Crippen molar-refractivity contribution in [1.29, 1.82) is 0 Å². The molecule has 2 aliphatic rings. The van der Waals surface area contributed by atoms with Crippen LogP contribution in [-0.2, 0) is 10.0 Å². The number of sulfonamides is 1. The number of amides is 1. The summed E-state index contributed by atoms with van der Waals surface area (Å²) in [6.45, 7) is 2.85. The van der Waals surface area contributed by atoms with Crippen molar-refractivity contribution in [2.75, 3.05) is 56.6 Å². The van der Waals surface area contributed by atoms with E-state index in [9.17, 15) is 13.2 Å². The van der Waals surface area contributed by atoms with Gasteiger partial charge in [-0.25, -0.2) is 13.4 Å². The molecule has 1 N–H and O–H groups in total. The Hall–Kier alpha value is -2.56. The predicted molar refractivity (Wildman–Crippen MR) is 121 cm³/mol. The maximum atomic E-state index is 12.7. The molecule has 1 aromatic carbocycles. The zero-order valence-electron chi connectivity index (χ0n) is 17.5. The van der Waals surface area contributed by atoms with Crippen LogP contribution in [0, 0.1) is 0 Å². The lowest BCUT2D eigenvalue weighted by molar-refractivity contribution is 0.0955. The van der Waals surface area contributed by atoms with Gasteiger partial charge >= 0.3 is 0 Å². The van der Waals surface area contributed by atoms with E-state index in [0.29, 0.717) is 56.5 Å². The molecule has 32 heavy (non-hydrogen) atoms. The molecule has 2 aromatic rings. The molecule has 0 atom stereocenters. The number of halogens is 1. The number of nitrogens with one attached hydrogen (secondary N) is 1. The van der Waals surface area contributed by atoms with Crippen molar-refractivity contribution in [3.8, 4) is 11.5 Å². The van der Waals surface area contributed by atoms with E-state index in [4.69, 9.17) is 21.1 Å². The molecule has 0 radical (unpaired) electrons. The van der Waals surface area contributed by atoms with Crippen LogP contribution in [0.25, 0.3) is 0 Å². The van der Waals surface area contributed by atoms with Gasteiger partial charge in [-0.2, -0.15) is 4.31 Å². The molecule has 0 saturated carbocycles. The number of piperazine rings is 1. The third-order valence-corrected chi connectivity index (χ3v) is 7.47. The number of fused-ring (bicyclic) bond motifs is 1. The molecule has 1 saturated heterocycles. The van der Waals surface area contributed by atoms with E-state index in [0.717, 1.165) is 12.2 Å². The van der Waals surface area contributed by atoms with Crippen LogP contribution in [0.1, 0.15) is 16.8 Å². The molecule has 0 spiro atoms. The van der Waals surface area contributed by atoms with Gasteiger partial charge < -0.3 is 19.7 Å². The maximum Gasteiger partial charge on any atom is 0.251 e. The molecular formula is C21H25ClN4O5S.